The zero-order chi connectivity index (χ0) is 21.2. The first kappa shape index (κ1) is 21.3. The van der Waals surface area contributed by atoms with E-state index in [1.165, 1.54) is 4.90 Å². The lowest BCUT2D eigenvalue weighted by Gasteiger charge is -2.35. The molecule has 1 N–H and O–H groups in total. The highest BCUT2D eigenvalue weighted by atomic mass is 19.1. The number of hydrogen-bond acceptors (Lipinski definition) is 5. The van der Waals surface area contributed by atoms with Crippen molar-refractivity contribution in [1.82, 2.24) is 10.2 Å². The number of amides is 2. The normalized spacial score (nSPS) is 18.2. The van der Waals surface area contributed by atoms with Gasteiger partial charge >= 0.3 is 6.09 Å². The zero-order valence-corrected chi connectivity index (χ0v) is 17.0. The Morgan fingerprint density at radius 3 is 2.59 bits per heavy atom. The Labute approximate surface area is 168 Å². The second kappa shape index (κ2) is 8.52. The van der Waals surface area contributed by atoms with Crippen molar-refractivity contribution in [3.63, 3.8) is 0 Å². The summed E-state index contributed by atoms with van der Waals surface area (Å²) in [5.74, 6) is -1.99. The molecule has 1 aromatic carbocycles. The summed E-state index contributed by atoms with van der Waals surface area (Å²) >= 11 is 0. The maximum absolute atomic E-state index is 13.9. The number of nitrogens with one attached hydrogen (secondary N) is 1. The average Bonchev–Trinajstić information content (AvgIpc) is 2.60. The minimum atomic E-state index is -0.813. The third-order valence-electron chi connectivity index (χ3n) is 4.87. The number of halogens is 2. The van der Waals surface area contributed by atoms with Crippen LogP contribution < -0.4 is 15.0 Å². The van der Waals surface area contributed by atoms with Crippen LogP contribution in [-0.4, -0.2) is 61.3 Å². The standard InChI is InChI=1S/C20H27F2N3O4/c1-20(2,3)29-19(27)23-14-4-6-24(7-5-14)8-9-25-16-11-13(21)10-15(22)18(16)28-12-17(25)26/h10-11,14H,4-9,12H2,1-3H3,(H,23,27). The van der Waals surface area contributed by atoms with Crippen molar-refractivity contribution in [3.05, 3.63) is 23.8 Å². The molecule has 7 nitrogen and oxygen atoms in total. The molecule has 0 radical (unpaired) electrons. The summed E-state index contributed by atoms with van der Waals surface area (Å²) in [4.78, 5) is 27.6. The van der Waals surface area contributed by atoms with E-state index in [1.54, 1.807) is 0 Å². The van der Waals surface area contributed by atoms with Gasteiger partial charge in [-0.3, -0.25) is 4.79 Å². The Hall–Kier alpha value is -2.42. The van der Waals surface area contributed by atoms with E-state index >= 15 is 0 Å². The first-order valence-electron chi connectivity index (χ1n) is 9.76. The highest BCUT2D eigenvalue weighted by molar-refractivity contribution is 5.97. The lowest BCUT2D eigenvalue weighted by atomic mass is 10.1. The van der Waals surface area contributed by atoms with Crippen LogP contribution >= 0.6 is 0 Å². The third kappa shape index (κ3) is 5.56. The Balaban J connectivity index is 1.51. The van der Waals surface area contributed by atoms with Crippen LogP contribution in [0.25, 0.3) is 0 Å². The van der Waals surface area contributed by atoms with Crippen molar-refractivity contribution in [2.75, 3.05) is 37.7 Å². The first-order chi connectivity index (χ1) is 13.6. The van der Waals surface area contributed by atoms with E-state index in [2.05, 4.69) is 10.2 Å². The molecule has 0 unspecified atom stereocenters. The van der Waals surface area contributed by atoms with Crippen LogP contribution in [0.4, 0.5) is 19.3 Å². The fourth-order valence-corrected chi connectivity index (χ4v) is 3.50. The van der Waals surface area contributed by atoms with Gasteiger partial charge in [-0.15, -0.1) is 0 Å². The maximum Gasteiger partial charge on any atom is 0.407 e. The number of nitrogens with zero attached hydrogens (tertiary/aromatic N) is 2. The Kier molecular flexibility index (Phi) is 6.26. The number of fused-ring (bicyclic) bond motifs is 1. The summed E-state index contributed by atoms with van der Waals surface area (Å²) in [6.07, 6.45) is 1.10. The predicted molar refractivity (Wildman–Crippen MR) is 103 cm³/mol. The summed E-state index contributed by atoms with van der Waals surface area (Å²) in [5, 5.41) is 2.88. The molecule has 0 spiro atoms. The Morgan fingerprint density at radius 1 is 1.24 bits per heavy atom. The molecule has 0 aliphatic carbocycles. The fourth-order valence-electron chi connectivity index (χ4n) is 3.50. The van der Waals surface area contributed by atoms with E-state index in [4.69, 9.17) is 9.47 Å². The van der Waals surface area contributed by atoms with E-state index in [1.807, 2.05) is 20.8 Å². The van der Waals surface area contributed by atoms with Crippen LogP contribution in [0.3, 0.4) is 0 Å². The highest BCUT2D eigenvalue weighted by Crippen LogP contribution is 2.35. The van der Waals surface area contributed by atoms with Crippen LogP contribution in [0, 0.1) is 11.6 Å². The second-order valence-electron chi connectivity index (χ2n) is 8.33. The summed E-state index contributed by atoms with van der Waals surface area (Å²) in [6.45, 7) is 7.53. The minimum absolute atomic E-state index is 0.0371. The molecule has 2 aliphatic heterocycles. The van der Waals surface area contributed by atoms with Gasteiger partial charge in [0.05, 0.1) is 5.69 Å². The number of likely N-dealkylation sites (tertiary alicyclic amines) is 1. The van der Waals surface area contributed by atoms with Gasteiger partial charge < -0.3 is 24.6 Å². The molecule has 9 heteroatoms. The quantitative estimate of drug-likeness (QED) is 0.825. The molecule has 29 heavy (non-hydrogen) atoms. The van der Waals surface area contributed by atoms with Crippen LogP contribution in [0.1, 0.15) is 33.6 Å². The molecule has 0 bridgehead atoms. The Morgan fingerprint density at radius 2 is 1.93 bits per heavy atom. The molecule has 0 atom stereocenters. The van der Waals surface area contributed by atoms with Gasteiger partial charge in [-0.2, -0.15) is 0 Å². The Bertz CT molecular complexity index is 774. The van der Waals surface area contributed by atoms with Gasteiger partial charge in [0, 0.05) is 44.4 Å². The van der Waals surface area contributed by atoms with E-state index in [0.717, 1.165) is 38.1 Å². The van der Waals surface area contributed by atoms with Crippen molar-refractivity contribution in [1.29, 1.82) is 0 Å². The van der Waals surface area contributed by atoms with Gasteiger partial charge in [-0.25, -0.2) is 13.6 Å². The molecule has 1 aromatic rings. The van der Waals surface area contributed by atoms with Crippen molar-refractivity contribution in [2.24, 2.45) is 0 Å². The SMILES string of the molecule is CC(C)(C)OC(=O)NC1CCN(CCN2C(=O)COc3c(F)cc(F)cc32)CC1. The van der Waals surface area contributed by atoms with Crippen LogP contribution in [-0.2, 0) is 9.53 Å². The molecule has 0 aromatic heterocycles. The van der Waals surface area contributed by atoms with Gasteiger partial charge in [0.2, 0.25) is 0 Å². The number of piperidine rings is 1. The molecule has 3 rings (SSSR count). The molecule has 0 saturated carbocycles. The summed E-state index contributed by atoms with van der Waals surface area (Å²) in [6, 6.07) is 1.90. The summed E-state index contributed by atoms with van der Waals surface area (Å²) in [7, 11) is 0. The topological polar surface area (TPSA) is 71.1 Å². The predicted octanol–water partition coefficient (Wildman–Crippen LogP) is 2.68. The van der Waals surface area contributed by atoms with Gasteiger partial charge in [-0.05, 0) is 33.6 Å². The number of carbonyl (C=O) groups excluding carboxylic acids is 2. The van der Waals surface area contributed by atoms with E-state index < -0.39 is 23.3 Å². The molecule has 2 heterocycles. The molecule has 160 valence electrons. The zero-order valence-electron chi connectivity index (χ0n) is 17.0. The summed E-state index contributed by atoms with van der Waals surface area (Å²) in [5.41, 5.74) is -0.412. The monoisotopic (exact) mass is 411 g/mol. The lowest BCUT2D eigenvalue weighted by molar-refractivity contribution is -0.121. The first-order valence-corrected chi connectivity index (χ1v) is 9.76. The van der Waals surface area contributed by atoms with E-state index in [9.17, 15) is 18.4 Å². The van der Waals surface area contributed by atoms with E-state index in [0.29, 0.717) is 13.1 Å². The smallest absolute Gasteiger partial charge is 0.407 e. The average molecular weight is 411 g/mol. The molecule has 1 saturated heterocycles. The van der Waals surface area contributed by atoms with Crippen molar-refractivity contribution in [2.45, 2.75) is 45.3 Å². The second-order valence-corrected chi connectivity index (χ2v) is 8.33. The van der Waals surface area contributed by atoms with Crippen LogP contribution in [0.2, 0.25) is 0 Å². The number of alkyl carbamates (subject to hydrolysis) is 1. The highest BCUT2D eigenvalue weighted by Gasteiger charge is 2.30. The number of anilines is 1. The van der Waals surface area contributed by atoms with Crippen molar-refractivity contribution < 1.29 is 27.8 Å². The molecule has 2 amide bonds. The van der Waals surface area contributed by atoms with Gasteiger partial charge in [-0.1, -0.05) is 0 Å². The van der Waals surface area contributed by atoms with Crippen LogP contribution in [0.15, 0.2) is 12.1 Å². The fraction of sp³-hybridized carbons (Fsp3) is 0.600. The van der Waals surface area contributed by atoms with Crippen molar-refractivity contribution >= 4 is 17.7 Å². The van der Waals surface area contributed by atoms with Crippen molar-refractivity contribution in [3.8, 4) is 5.75 Å². The van der Waals surface area contributed by atoms with E-state index in [-0.39, 0.29) is 30.0 Å². The van der Waals surface area contributed by atoms with Gasteiger partial charge in [0.25, 0.3) is 5.91 Å². The molecular formula is C20H27F2N3O4. The number of hydrogen-bond donors (Lipinski definition) is 1. The molecule has 1 fully saturated rings. The number of benzene rings is 1. The number of rotatable bonds is 4. The maximum atomic E-state index is 13.9. The van der Waals surface area contributed by atoms with Gasteiger partial charge in [0.15, 0.2) is 18.2 Å². The minimum Gasteiger partial charge on any atom is -0.478 e. The molecular weight excluding hydrogens is 384 g/mol. The number of ether oxygens (including phenoxy) is 2. The number of carbonyl (C=O) groups is 2. The molecule has 2 aliphatic rings. The van der Waals surface area contributed by atoms with Gasteiger partial charge in [0.1, 0.15) is 11.4 Å². The third-order valence-corrected chi connectivity index (χ3v) is 4.87. The van der Waals surface area contributed by atoms with Crippen LogP contribution in [0.5, 0.6) is 5.75 Å². The largest absolute Gasteiger partial charge is 0.478 e. The summed E-state index contributed by atoms with van der Waals surface area (Å²) < 4.78 is 37.9. The lowest BCUT2D eigenvalue weighted by Crippen LogP contribution is -2.49.